The molecule has 0 atom stereocenters. The number of hydrogen-bond donors (Lipinski definition) is 1. The number of aromatic nitrogens is 1. The normalized spacial score (nSPS) is 10.5. The van der Waals surface area contributed by atoms with Crippen molar-refractivity contribution in [1.29, 1.82) is 0 Å². The highest BCUT2D eigenvalue weighted by atomic mass is 32.2. The number of nitrogens with two attached hydrogens (primary N) is 1. The quantitative estimate of drug-likeness (QED) is 0.683. The molecule has 18 heavy (non-hydrogen) atoms. The predicted octanol–water partition coefficient (Wildman–Crippen LogP) is 2.11. The third kappa shape index (κ3) is 3.28. The molecule has 7 heteroatoms. The molecule has 2 N–H and O–H groups in total. The highest BCUT2D eigenvalue weighted by molar-refractivity contribution is 8.15. The van der Waals surface area contributed by atoms with E-state index in [-0.39, 0.29) is 18.0 Å². The number of carbonyl (C=O) groups is 2. The lowest BCUT2D eigenvalue weighted by molar-refractivity contribution is -0.144. The number of hydrogen-bond acceptors (Lipinski definition) is 7. The van der Waals surface area contributed by atoms with Crippen molar-refractivity contribution >= 4 is 44.4 Å². The topological polar surface area (TPSA) is 82.3 Å². The lowest BCUT2D eigenvalue weighted by atomic mass is 10.3. The van der Waals surface area contributed by atoms with Crippen molar-refractivity contribution in [3.63, 3.8) is 0 Å². The van der Waals surface area contributed by atoms with Crippen LogP contribution in [0.2, 0.25) is 0 Å². The van der Waals surface area contributed by atoms with Crippen LogP contribution >= 0.6 is 23.1 Å². The Balaban J connectivity index is 1.96. The zero-order valence-corrected chi connectivity index (χ0v) is 10.9. The van der Waals surface area contributed by atoms with Gasteiger partial charge in [0, 0.05) is 6.42 Å². The summed E-state index contributed by atoms with van der Waals surface area (Å²) in [7, 11) is 0. The van der Waals surface area contributed by atoms with Crippen LogP contribution in [0.1, 0.15) is 12.8 Å². The Bertz CT molecular complexity index is 549. The summed E-state index contributed by atoms with van der Waals surface area (Å²) in [5, 5.41) is -0.126. The first-order valence-electron chi connectivity index (χ1n) is 5.15. The highest BCUT2D eigenvalue weighted by Gasteiger charge is 2.12. The zero-order chi connectivity index (χ0) is 13.0. The number of carbonyl (C=O) groups excluding carboxylic acids is 2. The third-order valence-corrected chi connectivity index (χ3v) is 4.17. The average Bonchev–Trinajstić information content (AvgIpc) is 2.77. The Hall–Kier alpha value is -1.44. The maximum Gasteiger partial charge on any atom is 0.324 e. The van der Waals surface area contributed by atoms with Gasteiger partial charge in [-0.2, -0.15) is 5.90 Å². The molecule has 0 amide bonds. The number of rotatable bonds is 4. The molecule has 2 aromatic rings. The van der Waals surface area contributed by atoms with Crippen molar-refractivity contribution in [3.8, 4) is 0 Å². The van der Waals surface area contributed by atoms with Crippen LogP contribution in [0.3, 0.4) is 0 Å². The average molecular weight is 282 g/mol. The van der Waals surface area contributed by atoms with Crippen LogP contribution in [0.4, 0.5) is 0 Å². The second-order valence-electron chi connectivity index (χ2n) is 3.41. The number of para-hydroxylation sites is 1. The molecule has 0 radical (unpaired) electrons. The van der Waals surface area contributed by atoms with Crippen molar-refractivity contribution < 1.29 is 14.4 Å². The molecule has 1 aromatic heterocycles. The summed E-state index contributed by atoms with van der Waals surface area (Å²) < 4.78 is 1.72. The number of benzene rings is 1. The van der Waals surface area contributed by atoms with Gasteiger partial charge in [0.15, 0.2) is 9.45 Å². The van der Waals surface area contributed by atoms with Crippen molar-refractivity contribution in [2.24, 2.45) is 5.90 Å². The number of thioether (sulfide) groups is 1. The van der Waals surface area contributed by atoms with Crippen LogP contribution in [-0.4, -0.2) is 16.1 Å². The van der Waals surface area contributed by atoms with Gasteiger partial charge in [0.25, 0.3) is 0 Å². The molecule has 0 saturated carbocycles. The summed E-state index contributed by atoms with van der Waals surface area (Å²) in [5.41, 5.74) is 0.874. The Labute approximate surface area is 111 Å². The summed E-state index contributed by atoms with van der Waals surface area (Å²) in [6.07, 6.45) is 0.0872. The minimum atomic E-state index is -0.590. The fourth-order valence-electron chi connectivity index (χ4n) is 1.31. The van der Waals surface area contributed by atoms with E-state index in [0.29, 0.717) is 4.34 Å². The molecule has 2 rings (SSSR count). The van der Waals surface area contributed by atoms with Gasteiger partial charge in [0.05, 0.1) is 16.6 Å². The fourth-order valence-corrected chi connectivity index (χ4v) is 3.26. The van der Waals surface area contributed by atoms with Gasteiger partial charge >= 0.3 is 5.97 Å². The highest BCUT2D eigenvalue weighted by Crippen LogP contribution is 2.30. The molecule has 0 aliphatic carbocycles. The van der Waals surface area contributed by atoms with Crippen LogP contribution < -0.4 is 5.90 Å². The minimum absolute atomic E-state index is 0.00672. The first-order chi connectivity index (χ1) is 8.69. The molecule has 0 spiro atoms. The van der Waals surface area contributed by atoms with E-state index >= 15 is 0 Å². The zero-order valence-electron chi connectivity index (χ0n) is 9.29. The van der Waals surface area contributed by atoms with Crippen LogP contribution in [-0.2, 0) is 14.4 Å². The smallest absolute Gasteiger partial charge is 0.324 e. The first kappa shape index (κ1) is 13.0. The number of nitrogens with zero attached hydrogens (tertiary/aromatic N) is 1. The molecular formula is C11H10N2O3S2. The first-order valence-corrected chi connectivity index (χ1v) is 6.78. The van der Waals surface area contributed by atoms with E-state index in [9.17, 15) is 9.59 Å². The van der Waals surface area contributed by atoms with E-state index in [1.54, 1.807) is 0 Å². The van der Waals surface area contributed by atoms with Gasteiger partial charge in [-0.25, -0.2) is 4.98 Å². The molecule has 94 valence electrons. The molecule has 0 aliphatic heterocycles. The Kier molecular flexibility index (Phi) is 4.29. The molecule has 0 unspecified atom stereocenters. The number of fused-ring (bicyclic) bond motifs is 1. The Morgan fingerprint density at radius 1 is 1.33 bits per heavy atom. The third-order valence-electron chi connectivity index (χ3n) is 2.14. The summed E-state index contributed by atoms with van der Waals surface area (Å²) in [4.78, 5) is 30.7. The van der Waals surface area contributed by atoms with E-state index in [2.05, 4.69) is 15.7 Å². The summed E-state index contributed by atoms with van der Waals surface area (Å²) in [6.45, 7) is 0. The van der Waals surface area contributed by atoms with E-state index < -0.39 is 5.97 Å². The molecular weight excluding hydrogens is 272 g/mol. The molecule has 0 bridgehead atoms. The molecule has 0 fully saturated rings. The molecule has 0 saturated heterocycles. The van der Waals surface area contributed by atoms with Gasteiger partial charge in [-0.1, -0.05) is 12.1 Å². The van der Waals surface area contributed by atoms with Gasteiger partial charge in [-0.3, -0.25) is 9.59 Å². The number of thiazole rings is 1. The standard InChI is InChI=1S/C11H10N2O3S2/c12-16-9(14)5-6-10(15)18-11-13-7-3-1-2-4-8(7)17-11/h1-4H,5-6,12H2. The van der Waals surface area contributed by atoms with Gasteiger partial charge < -0.3 is 4.84 Å². The van der Waals surface area contributed by atoms with Crippen LogP contribution in [0, 0.1) is 0 Å². The van der Waals surface area contributed by atoms with Crippen molar-refractivity contribution in [2.75, 3.05) is 0 Å². The maximum atomic E-state index is 11.6. The summed E-state index contributed by atoms with van der Waals surface area (Å²) in [5.74, 6) is 4.09. The predicted molar refractivity (Wildman–Crippen MR) is 70.0 cm³/mol. The van der Waals surface area contributed by atoms with E-state index in [1.807, 2.05) is 24.3 Å². The van der Waals surface area contributed by atoms with Gasteiger partial charge in [0.1, 0.15) is 0 Å². The van der Waals surface area contributed by atoms with E-state index in [1.165, 1.54) is 11.3 Å². The van der Waals surface area contributed by atoms with Gasteiger partial charge in [0.2, 0.25) is 0 Å². The van der Waals surface area contributed by atoms with Crippen LogP contribution in [0.25, 0.3) is 10.2 Å². The minimum Gasteiger partial charge on any atom is -0.373 e. The second-order valence-corrected chi connectivity index (χ2v) is 5.75. The monoisotopic (exact) mass is 282 g/mol. The van der Waals surface area contributed by atoms with Crippen LogP contribution in [0.15, 0.2) is 28.6 Å². The Morgan fingerprint density at radius 3 is 2.83 bits per heavy atom. The summed E-state index contributed by atoms with van der Waals surface area (Å²) in [6, 6.07) is 7.67. The lowest BCUT2D eigenvalue weighted by Gasteiger charge is -1.96. The molecule has 1 heterocycles. The van der Waals surface area contributed by atoms with Crippen molar-refractivity contribution in [2.45, 2.75) is 17.2 Å². The summed E-state index contributed by atoms with van der Waals surface area (Å²) >= 11 is 2.50. The second kappa shape index (κ2) is 5.94. The SMILES string of the molecule is NOC(=O)CCC(=O)Sc1nc2ccccc2s1. The molecule has 1 aromatic carbocycles. The fraction of sp³-hybridized carbons (Fsp3) is 0.182. The molecule has 5 nitrogen and oxygen atoms in total. The Morgan fingerprint density at radius 2 is 2.11 bits per heavy atom. The van der Waals surface area contributed by atoms with E-state index in [0.717, 1.165) is 22.0 Å². The largest absolute Gasteiger partial charge is 0.373 e. The van der Waals surface area contributed by atoms with E-state index in [4.69, 9.17) is 0 Å². The lowest BCUT2D eigenvalue weighted by Crippen LogP contribution is -2.10. The maximum absolute atomic E-state index is 11.6. The van der Waals surface area contributed by atoms with Crippen LogP contribution in [0.5, 0.6) is 0 Å². The molecule has 0 aliphatic rings. The van der Waals surface area contributed by atoms with Crippen molar-refractivity contribution in [3.05, 3.63) is 24.3 Å². The van der Waals surface area contributed by atoms with Crippen molar-refractivity contribution in [1.82, 2.24) is 4.98 Å². The van der Waals surface area contributed by atoms with Gasteiger partial charge in [-0.05, 0) is 23.9 Å². The van der Waals surface area contributed by atoms with Gasteiger partial charge in [-0.15, -0.1) is 11.3 Å².